The van der Waals surface area contributed by atoms with Crippen LogP contribution in [0.3, 0.4) is 0 Å². The number of carbonyl (C=O) groups is 2. The SMILES string of the molecule is O=C1OC(=O)C(c2ccc3nsnc3c2)=C1c1ccc2nonc2c1. The lowest BCUT2D eigenvalue weighted by Gasteiger charge is -2.03. The van der Waals surface area contributed by atoms with Crippen molar-refractivity contribution in [1.29, 1.82) is 0 Å². The fourth-order valence-corrected chi connectivity index (χ4v) is 3.31. The van der Waals surface area contributed by atoms with E-state index in [1.54, 1.807) is 36.4 Å². The summed E-state index contributed by atoms with van der Waals surface area (Å²) in [7, 11) is 0. The molecule has 0 fully saturated rings. The van der Waals surface area contributed by atoms with Crippen LogP contribution in [0.15, 0.2) is 41.0 Å². The van der Waals surface area contributed by atoms with Gasteiger partial charge in [0.05, 0.1) is 22.9 Å². The quantitative estimate of drug-likeness (QED) is 0.400. The Kier molecular flexibility index (Phi) is 2.80. The molecule has 25 heavy (non-hydrogen) atoms. The molecule has 0 radical (unpaired) electrons. The molecule has 2 aromatic heterocycles. The largest absolute Gasteiger partial charge is 0.386 e. The van der Waals surface area contributed by atoms with Gasteiger partial charge >= 0.3 is 11.9 Å². The number of fused-ring (bicyclic) bond motifs is 2. The van der Waals surface area contributed by atoms with E-state index in [1.165, 1.54) is 0 Å². The Morgan fingerprint density at radius 3 is 2.08 bits per heavy atom. The second kappa shape index (κ2) is 5.02. The molecule has 1 aliphatic rings. The Bertz CT molecular complexity index is 1130. The van der Waals surface area contributed by atoms with Gasteiger partial charge in [-0.3, -0.25) is 0 Å². The Morgan fingerprint density at radius 2 is 1.32 bits per heavy atom. The monoisotopic (exact) mass is 350 g/mol. The first kappa shape index (κ1) is 13.9. The molecule has 1 aliphatic heterocycles. The molecule has 0 unspecified atom stereocenters. The standard InChI is InChI=1S/C16H6N4O4S/c21-15-13(7-1-3-9-11(5-7)18-24-17-9)14(16(22)23-15)8-2-4-10-12(6-8)20-25-19-10/h1-6H. The van der Waals surface area contributed by atoms with Gasteiger partial charge in [0.1, 0.15) is 22.1 Å². The highest BCUT2D eigenvalue weighted by Crippen LogP contribution is 2.35. The predicted molar refractivity (Wildman–Crippen MR) is 87.1 cm³/mol. The minimum Gasteiger partial charge on any atom is -0.386 e. The van der Waals surface area contributed by atoms with Crippen molar-refractivity contribution in [2.24, 2.45) is 0 Å². The van der Waals surface area contributed by atoms with Crippen LogP contribution in [0.4, 0.5) is 0 Å². The van der Waals surface area contributed by atoms with Crippen LogP contribution < -0.4 is 0 Å². The van der Waals surface area contributed by atoms with Crippen molar-refractivity contribution in [1.82, 2.24) is 19.1 Å². The summed E-state index contributed by atoms with van der Waals surface area (Å²) in [6.45, 7) is 0. The van der Waals surface area contributed by atoms with Gasteiger partial charge in [-0.25, -0.2) is 14.2 Å². The lowest BCUT2D eigenvalue weighted by molar-refractivity contribution is -0.149. The van der Waals surface area contributed by atoms with Crippen LogP contribution in [0, 0.1) is 0 Å². The molecule has 0 aliphatic carbocycles. The van der Waals surface area contributed by atoms with Gasteiger partial charge in [-0.2, -0.15) is 8.75 Å². The van der Waals surface area contributed by atoms with Crippen LogP contribution in [0.5, 0.6) is 0 Å². The molecule has 0 amide bonds. The maximum atomic E-state index is 12.3. The summed E-state index contributed by atoms with van der Waals surface area (Å²) >= 11 is 1.08. The number of rotatable bonds is 2. The Morgan fingerprint density at radius 1 is 0.720 bits per heavy atom. The Labute approximate surface area is 143 Å². The van der Waals surface area contributed by atoms with Gasteiger partial charge in [-0.05, 0) is 45.7 Å². The number of nitrogens with zero attached hydrogens (tertiary/aromatic N) is 4. The molecule has 4 aromatic rings. The van der Waals surface area contributed by atoms with Crippen LogP contribution in [-0.2, 0) is 14.3 Å². The molecule has 0 spiro atoms. The molecule has 9 heteroatoms. The van der Waals surface area contributed by atoms with Crippen molar-refractivity contribution in [3.8, 4) is 0 Å². The summed E-state index contributed by atoms with van der Waals surface area (Å²) in [5, 5.41) is 7.49. The molecule has 2 aromatic carbocycles. The highest BCUT2D eigenvalue weighted by atomic mass is 32.1. The van der Waals surface area contributed by atoms with Gasteiger partial charge in [0.25, 0.3) is 0 Å². The molecular weight excluding hydrogens is 344 g/mol. The van der Waals surface area contributed by atoms with E-state index >= 15 is 0 Å². The van der Waals surface area contributed by atoms with E-state index in [-0.39, 0.29) is 11.1 Å². The first-order valence-electron chi connectivity index (χ1n) is 7.17. The van der Waals surface area contributed by atoms with E-state index in [4.69, 9.17) is 4.74 Å². The zero-order valence-corrected chi connectivity index (χ0v) is 13.1. The molecule has 0 N–H and O–H groups in total. The van der Waals surface area contributed by atoms with E-state index in [0.717, 1.165) is 17.2 Å². The molecule has 8 nitrogen and oxygen atoms in total. The number of cyclic esters (lactones) is 2. The summed E-state index contributed by atoms with van der Waals surface area (Å²) in [5.74, 6) is -1.40. The van der Waals surface area contributed by atoms with Crippen LogP contribution in [0.1, 0.15) is 11.1 Å². The van der Waals surface area contributed by atoms with E-state index in [0.29, 0.717) is 27.7 Å². The van der Waals surface area contributed by atoms with Gasteiger partial charge in [-0.15, -0.1) is 0 Å². The molecule has 0 saturated heterocycles. The predicted octanol–water partition coefficient (Wildman–Crippen LogP) is 2.22. The second-order valence-electron chi connectivity index (χ2n) is 5.36. The molecular formula is C16H6N4O4S. The third-order valence-electron chi connectivity index (χ3n) is 3.93. The average Bonchev–Trinajstić information content (AvgIpc) is 3.31. The molecule has 3 heterocycles. The topological polar surface area (TPSA) is 108 Å². The van der Waals surface area contributed by atoms with Gasteiger partial charge in [0, 0.05) is 0 Å². The van der Waals surface area contributed by atoms with Gasteiger partial charge < -0.3 is 4.74 Å². The Hall–Kier alpha value is -3.46. The van der Waals surface area contributed by atoms with Crippen molar-refractivity contribution in [2.75, 3.05) is 0 Å². The number of carbonyl (C=O) groups excluding carboxylic acids is 2. The third-order valence-corrected chi connectivity index (χ3v) is 4.49. The van der Waals surface area contributed by atoms with Gasteiger partial charge in [0.2, 0.25) is 0 Å². The summed E-state index contributed by atoms with van der Waals surface area (Å²) in [4.78, 5) is 24.5. The van der Waals surface area contributed by atoms with E-state index in [9.17, 15) is 9.59 Å². The minimum atomic E-state index is -0.702. The summed E-state index contributed by atoms with van der Waals surface area (Å²) in [6, 6.07) is 10.1. The summed E-state index contributed by atoms with van der Waals surface area (Å²) in [6.07, 6.45) is 0. The van der Waals surface area contributed by atoms with Crippen LogP contribution >= 0.6 is 11.7 Å². The smallest absolute Gasteiger partial charge is 0.347 e. The number of hydrogen-bond donors (Lipinski definition) is 0. The zero-order valence-electron chi connectivity index (χ0n) is 12.3. The fourth-order valence-electron chi connectivity index (χ4n) is 2.79. The number of hydrogen-bond acceptors (Lipinski definition) is 9. The van der Waals surface area contributed by atoms with E-state index in [2.05, 4.69) is 23.7 Å². The van der Waals surface area contributed by atoms with Crippen molar-refractivity contribution in [2.45, 2.75) is 0 Å². The van der Waals surface area contributed by atoms with Crippen molar-refractivity contribution < 1.29 is 19.0 Å². The number of benzene rings is 2. The number of ether oxygens (including phenoxy) is 1. The summed E-state index contributed by atoms with van der Waals surface area (Å²) in [5.41, 5.74) is 3.83. The maximum absolute atomic E-state index is 12.3. The maximum Gasteiger partial charge on any atom is 0.347 e. The lowest BCUT2D eigenvalue weighted by atomic mass is 9.96. The second-order valence-corrected chi connectivity index (χ2v) is 5.89. The molecule has 5 rings (SSSR count). The van der Waals surface area contributed by atoms with Crippen LogP contribution in [0.2, 0.25) is 0 Å². The highest BCUT2D eigenvalue weighted by Gasteiger charge is 2.35. The number of aromatic nitrogens is 4. The fraction of sp³-hybridized carbons (Fsp3) is 0. The molecule has 120 valence electrons. The van der Waals surface area contributed by atoms with Crippen molar-refractivity contribution in [3.05, 3.63) is 47.5 Å². The third kappa shape index (κ3) is 2.06. The lowest BCUT2D eigenvalue weighted by Crippen LogP contribution is -2.02. The molecule has 0 bridgehead atoms. The van der Waals surface area contributed by atoms with E-state index in [1.807, 2.05) is 0 Å². The number of esters is 2. The van der Waals surface area contributed by atoms with Crippen molar-refractivity contribution in [3.63, 3.8) is 0 Å². The van der Waals surface area contributed by atoms with E-state index < -0.39 is 11.9 Å². The van der Waals surface area contributed by atoms with Gasteiger partial charge in [0.15, 0.2) is 0 Å². The summed E-state index contributed by atoms with van der Waals surface area (Å²) < 4.78 is 17.8. The highest BCUT2D eigenvalue weighted by molar-refractivity contribution is 7.00. The van der Waals surface area contributed by atoms with Gasteiger partial charge in [-0.1, -0.05) is 12.1 Å². The normalized spacial score (nSPS) is 14.7. The van der Waals surface area contributed by atoms with Crippen LogP contribution in [0.25, 0.3) is 33.2 Å². The first-order valence-corrected chi connectivity index (χ1v) is 7.90. The van der Waals surface area contributed by atoms with Crippen LogP contribution in [-0.4, -0.2) is 31.0 Å². The molecule has 0 atom stereocenters. The van der Waals surface area contributed by atoms with Crippen molar-refractivity contribution >= 4 is 56.9 Å². The average molecular weight is 350 g/mol. The Balaban J connectivity index is 1.76. The minimum absolute atomic E-state index is 0.178. The zero-order chi connectivity index (χ0) is 17.0. The molecule has 0 saturated carbocycles. The first-order chi connectivity index (χ1) is 12.2.